The zero-order chi connectivity index (χ0) is 22.9. The molecule has 1 fully saturated rings. The van der Waals surface area contributed by atoms with E-state index in [2.05, 4.69) is 31.1 Å². The number of benzene rings is 2. The summed E-state index contributed by atoms with van der Waals surface area (Å²) in [5.74, 6) is 0.181. The lowest BCUT2D eigenvalue weighted by Gasteiger charge is -2.28. The van der Waals surface area contributed by atoms with Gasteiger partial charge >= 0.3 is 6.09 Å². The standard InChI is InChI=1S/C26H30N2O4/c1-17(2)14-19-10-12-20(13-11-19)21-16-22(32-27-21)24(29)28-23(26(3,4)31-25(28)30)15-18-8-6-5-7-9-18/h5-13,17,22-23H,14-16H2,1-4H3/t22-,23-/m0/s1. The fraction of sp³-hybridized carbons (Fsp3) is 0.423. The molecule has 0 aliphatic carbocycles. The van der Waals surface area contributed by atoms with Gasteiger partial charge in [-0.2, -0.15) is 0 Å². The Kier molecular flexibility index (Phi) is 6.04. The first-order valence-corrected chi connectivity index (χ1v) is 11.2. The monoisotopic (exact) mass is 434 g/mol. The Morgan fingerprint density at radius 3 is 2.44 bits per heavy atom. The molecule has 0 saturated carbocycles. The van der Waals surface area contributed by atoms with E-state index in [0.717, 1.165) is 17.5 Å². The van der Waals surface area contributed by atoms with Gasteiger partial charge in [-0.1, -0.05) is 73.6 Å². The molecule has 2 atom stereocenters. The summed E-state index contributed by atoms with van der Waals surface area (Å²) in [5.41, 5.74) is 3.15. The summed E-state index contributed by atoms with van der Waals surface area (Å²) in [6.45, 7) is 8.05. The van der Waals surface area contributed by atoms with Crippen LogP contribution in [0.25, 0.3) is 0 Å². The predicted octanol–water partition coefficient (Wildman–Crippen LogP) is 4.75. The molecular formula is C26H30N2O4. The molecule has 32 heavy (non-hydrogen) atoms. The Morgan fingerprint density at radius 2 is 1.78 bits per heavy atom. The summed E-state index contributed by atoms with van der Waals surface area (Å²) in [6.07, 6.45) is 0.393. The van der Waals surface area contributed by atoms with Crippen LogP contribution < -0.4 is 0 Å². The molecule has 0 N–H and O–H groups in total. The van der Waals surface area contributed by atoms with E-state index >= 15 is 0 Å². The molecular weight excluding hydrogens is 404 g/mol. The number of hydrogen-bond donors (Lipinski definition) is 0. The largest absolute Gasteiger partial charge is 0.441 e. The third-order valence-electron chi connectivity index (χ3n) is 6.05. The lowest BCUT2D eigenvalue weighted by Crippen LogP contribution is -2.49. The van der Waals surface area contributed by atoms with E-state index in [1.54, 1.807) is 0 Å². The second-order valence-corrected chi connectivity index (χ2v) is 9.52. The smallest absolute Gasteiger partial charge is 0.417 e. The number of cyclic esters (lactones) is 1. The third-order valence-corrected chi connectivity index (χ3v) is 6.05. The molecule has 0 unspecified atom stereocenters. The lowest BCUT2D eigenvalue weighted by atomic mass is 9.91. The van der Waals surface area contributed by atoms with Crippen LogP contribution in [0.15, 0.2) is 59.8 Å². The van der Waals surface area contributed by atoms with E-state index in [9.17, 15) is 9.59 Å². The van der Waals surface area contributed by atoms with Crippen LogP contribution in [-0.4, -0.2) is 40.4 Å². The number of imide groups is 1. The molecule has 2 aliphatic heterocycles. The summed E-state index contributed by atoms with van der Waals surface area (Å²) < 4.78 is 5.56. The summed E-state index contributed by atoms with van der Waals surface area (Å²) >= 11 is 0. The second-order valence-electron chi connectivity index (χ2n) is 9.52. The molecule has 6 heteroatoms. The number of carbonyl (C=O) groups is 2. The van der Waals surface area contributed by atoms with E-state index in [0.29, 0.717) is 24.5 Å². The minimum Gasteiger partial charge on any atom is -0.441 e. The highest BCUT2D eigenvalue weighted by molar-refractivity contribution is 6.06. The molecule has 2 amide bonds. The highest BCUT2D eigenvalue weighted by Gasteiger charge is 2.52. The Bertz CT molecular complexity index is 1010. The van der Waals surface area contributed by atoms with Crippen LogP contribution in [0, 0.1) is 5.92 Å². The molecule has 2 heterocycles. The third kappa shape index (κ3) is 4.54. The van der Waals surface area contributed by atoms with E-state index in [1.807, 2.05) is 56.3 Å². The van der Waals surface area contributed by atoms with Gasteiger partial charge in [0.2, 0.25) is 6.10 Å². The molecule has 2 aliphatic rings. The van der Waals surface area contributed by atoms with Crippen molar-refractivity contribution in [2.75, 3.05) is 0 Å². The molecule has 0 bridgehead atoms. The minimum absolute atomic E-state index is 0.324. The molecule has 0 radical (unpaired) electrons. The van der Waals surface area contributed by atoms with Gasteiger partial charge in [-0.3, -0.25) is 4.79 Å². The minimum atomic E-state index is -0.833. The molecule has 2 aromatic rings. The van der Waals surface area contributed by atoms with Crippen LogP contribution in [0.1, 0.15) is 50.8 Å². The molecule has 168 valence electrons. The van der Waals surface area contributed by atoms with Gasteiger partial charge in [-0.05, 0) is 49.3 Å². The summed E-state index contributed by atoms with van der Waals surface area (Å²) in [6, 6.07) is 17.6. The van der Waals surface area contributed by atoms with Crippen molar-refractivity contribution < 1.29 is 19.2 Å². The van der Waals surface area contributed by atoms with Crippen molar-refractivity contribution in [3.8, 4) is 0 Å². The Balaban J connectivity index is 1.47. The topological polar surface area (TPSA) is 68.2 Å². The normalized spacial score (nSPS) is 22.0. The molecule has 6 nitrogen and oxygen atoms in total. The summed E-state index contributed by atoms with van der Waals surface area (Å²) in [7, 11) is 0. The van der Waals surface area contributed by atoms with E-state index in [1.165, 1.54) is 10.5 Å². The lowest BCUT2D eigenvalue weighted by molar-refractivity contribution is -0.140. The average molecular weight is 435 g/mol. The average Bonchev–Trinajstić information content (AvgIpc) is 3.31. The Hall–Kier alpha value is -3.15. The summed E-state index contributed by atoms with van der Waals surface area (Å²) in [5, 5.41) is 4.16. The van der Waals surface area contributed by atoms with Gasteiger partial charge in [-0.25, -0.2) is 9.69 Å². The van der Waals surface area contributed by atoms with E-state index in [4.69, 9.17) is 9.57 Å². The Labute approximate surface area is 189 Å². The van der Waals surface area contributed by atoms with Gasteiger partial charge < -0.3 is 9.57 Å². The molecule has 0 spiro atoms. The number of oxime groups is 1. The first-order chi connectivity index (χ1) is 15.2. The highest BCUT2D eigenvalue weighted by Crippen LogP contribution is 2.33. The molecule has 4 rings (SSSR count). The zero-order valence-electron chi connectivity index (χ0n) is 19.1. The van der Waals surface area contributed by atoms with E-state index < -0.39 is 29.7 Å². The quantitative estimate of drug-likeness (QED) is 0.658. The maximum absolute atomic E-state index is 13.3. The van der Waals surface area contributed by atoms with Gasteiger partial charge in [0.05, 0.1) is 11.8 Å². The molecule has 2 aromatic carbocycles. The van der Waals surface area contributed by atoms with Crippen molar-refractivity contribution in [2.24, 2.45) is 11.1 Å². The fourth-order valence-corrected chi connectivity index (χ4v) is 4.34. The van der Waals surface area contributed by atoms with Crippen molar-refractivity contribution in [3.05, 3.63) is 71.3 Å². The van der Waals surface area contributed by atoms with Crippen molar-refractivity contribution in [1.82, 2.24) is 4.90 Å². The van der Waals surface area contributed by atoms with Crippen molar-refractivity contribution in [1.29, 1.82) is 0 Å². The molecule has 0 aromatic heterocycles. The number of hydrogen-bond acceptors (Lipinski definition) is 5. The maximum Gasteiger partial charge on any atom is 0.417 e. The van der Waals surface area contributed by atoms with Gasteiger partial charge in [0, 0.05) is 6.42 Å². The predicted molar refractivity (Wildman–Crippen MR) is 122 cm³/mol. The van der Waals surface area contributed by atoms with Crippen LogP contribution in [0.3, 0.4) is 0 Å². The zero-order valence-corrected chi connectivity index (χ0v) is 19.1. The first-order valence-electron chi connectivity index (χ1n) is 11.2. The second kappa shape index (κ2) is 8.77. The van der Waals surface area contributed by atoms with Gasteiger partial charge in [0.15, 0.2) is 0 Å². The SMILES string of the molecule is CC(C)Cc1ccc(C2=NO[C@H](C(=O)N3C(=O)OC(C)(C)[C@@H]3Cc3ccccc3)C2)cc1. The highest BCUT2D eigenvalue weighted by atomic mass is 16.6. The van der Waals surface area contributed by atoms with Crippen LogP contribution in [0.2, 0.25) is 0 Å². The molecule has 1 saturated heterocycles. The Morgan fingerprint density at radius 1 is 1.09 bits per heavy atom. The number of nitrogens with zero attached hydrogens (tertiary/aromatic N) is 2. The van der Waals surface area contributed by atoms with Crippen LogP contribution >= 0.6 is 0 Å². The number of ether oxygens (including phenoxy) is 1. The van der Waals surface area contributed by atoms with Crippen molar-refractivity contribution in [2.45, 2.75) is 64.7 Å². The van der Waals surface area contributed by atoms with Gasteiger partial charge in [0.1, 0.15) is 5.60 Å². The number of carbonyl (C=O) groups excluding carboxylic acids is 2. The van der Waals surface area contributed by atoms with Gasteiger partial charge in [0.25, 0.3) is 5.91 Å². The van der Waals surface area contributed by atoms with Crippen LogP contribution in [0.4, 0.5) is 4.79 Å². The number of amides is 2. The van der Waals surface area contributed by atoms with Gasteiger partial charge in [-0.15, -0.1) is 0 Å². The van der Waals surface area contributed by atoms with Crippen LogP contribution in [0.5, 0.6) is 0 Å². The van der Waals surface area contributed by atoms with E-state index in [-0.39, 0.29) is 0 Å². The summed E-state index contributed by atoms with van der Waals surface area (Å²) in [4.78, 5) is 32.7. The first kappa shape index (κ1) is 22.1. The van der Waals surface area contributed by atoms with Crippen molar-refractivity contribution in [3.63, 3.8) is 0 Å². The maximum atomic E-state index is 13.3. The number of rotatable bonds is 6. The van der Waals surface area contributed by atoms with Crippen LogP contribution in [-0.2, 0) is 27.2 Å². The fourth-order valence-electron chi connectivity index (χ4n) is 4.34. The van der Waals surface area contributed by atoms with Crippen molar-refractivity contribution >= 4 is 17.7 Å².